The molecule has 0 fully saturated rings. The van der Waals surface area contributed by atoms with E-state index < -0.39 is 0 Å². The molecule has 0 aliphatic heterocycles. The highest BCUT2D eigenvalue weighted by Crippen LogP contribution is 2.31. The van der Waals surface area contributed by atoms with E-state index in [1.165, 1.54) is 11.8 Å². The summed E-state index contributed by atoms with van der Waals surface area (Å²) in [6.45, 7) is 4.02. The zero-order valence-corrected chi connectivity index (χ0v) is 24.0. The lowest BCUT2D eigenvalue weighted by Gasteiger charge is -2.17. The third kappa shape index (κ3) is 5.94. The second-order valence-corrected chi connectivity index (χ2v) is 10.3. The zero-order valence-electron chi connectivity index (χ0n) is 23.2. The van der Waals surface area contributed by atoms with Crippen LogP contribution in [0.3, 0.4) is 0 Å². The van der Waals surface area contributed by atoms with Crippen molar-refractivity contribution in [3.63, 3.8) is 0 Å². The van der Waals surface area contributed by atoms with Gasteiger partial charge in [-0.1, -0.05) is 11.8 Å². The molecule has 0 spiro atoms. The predicted octanol–water partition coefficient (Wildman–Crippen LogP) is 5.10. The molecular formula is C28H33N9OS. The highest BCUT2D eigenvalue weighted by molar-refractivity contribution is 7.98. The summed E-state index contributed by atoms with van der Waals surface area (Å²) < 4.78 is 0. The van der Waals surface area contributed by atoms with E-state index in [1.807, 2.05) is 72.6 Å². The van der Waals surface area contributed by atoms with Crippen molar-refractivity contribution in [1.29, 1.82) is 0 Å². The molecule has 10 nitrogen and oxygen atoms in total. The maximum atomic E-state index is 4.68. The lowest BCUT2D eigenvalue weighted by atomic mass is 10.1. The maximum absolute atomic E-state index is 4.68. The molecule has 0 unspecified atom stereocenters. The lowest BCUT2D eigenvalue weighted by molar-refractivity contribution is 0.824. The average Bonchev–Trinajstić information content (AvgIpc) is 2.87. The van der Waals surface area contributed by atoms with Gasteiger partial charge >= 0.3 is 0 Å². The number of aromatic nitrogens is 5. The number of thioether (sulfide) groups is 1. The van der Waals surface area contributed by atoms with Crippen LogP contribution in [-0.2, 0) is 0 Å². The van der Waals surface area contributed by atoms with Crippen molar-refractivity contribution in [2.24, 2.45) is 0 Å². The van der Waals surface area contributed by atoms with Gasteiger partial charge in [0.15, 0.2) is 5.16 Å². The minimum absolute atomic E-state index is 0. The van der Waals surface area contributed by atoms with Crippen molar-refractivity contribution in [3.8, 4) is 0 Å². The van der Waals surface area contributed by atoms with E-state index in [4.69, 9.17) is 0 Å². The molecule has 39 heavy (non-hydrogen) atoms. The van der Waals surface area contributed by atoms with E-state index >= 15 is 0 Å². The van der Waals surface area contributed by atoms with Crippen molar-refractivity contribution < 1.29 is 5.48 Å². The summed E-state index contributed by atoms with van der Waals surface area (Å²) in [5.74, 6) is 0.925. The molecule has 0 radical (unpaired) electrons. The number of aryl methyl sites for hydroxylation is 2. The van der Waals surface area contributed by atoms with Crippen molar-refractivity contribution in [3.05, 3.63) is 59.9 Å². The molecule has 0 atom stereocenters. The molecule has 0 aliphatic carbocycles. The van der Waals surface area contributed by atoms with Crippen LogP contribution in [0.2, 0.25) is 0 Å². The highest BCUT2D eigenvalue weighted by Gasteiger charge is 2.12. The summed E-state index contributed by atoms with van der Waals surface area (Å²) in [6.07, 6.45) is 1.95. The van der Waals surface area contributed by atoms with Gasteiger partial charge in [0.2, 0.25) is 11.9 Å². The molecule has 3 aromatic heterocycles. The molecule has 0 bridgehead atoms. The Morgan fingerprint density at radius 1 is 0.615 bits per heavy atom. The molecule has 0 amide bonds. The summed E-state index contributed by atoms with van der Waals surface area (Å²) in [4.78, 5) is 27.4. The van der Waals surface area contributed by atoms with E-state index in [9.17, 15) is 0 Å². The Balaban J connectivity index is 0.00000353. The Hall–Kier alpha value is -4.22. The maximum Gasteiger partial charge on any atom is 0.233 e. The smallest absolute Gasteiger partial charge is 0.233 e. The predicted molar refractivity (Wildman–Crippen MR) is 163 cm³/mol. The van der Waals surface area contributed by atoms with Gasteiger partial charge in [0, 0.05) is 73.1 Å². The van der Waals surface area contributed by atoms with Crippen LogP contribution in [0.25, 0.3) is 21.8 Å². The number of nitrogens with one attached hydrogen (secondary N) is 2. The minimum atomic E-state index is 0. The third-order valence-corrected chi connectivity index (χ3v) is 6.65. The highest BCUT2D eigenvalue weighted by atomic mass is 32.2. The Morgan fingerprint density at radius 3 is 1.44 bits per heavy atom. The van der Waals surface area contributed by atoms with Gasteiger partial charge in [-0.2, -0.15) is 15.0 Å². The van der Waals surface area contributed by atoms with Gasteiger partial charge in [-0.3, -0.25) is 9.97 Å². The number of pyridine rings is 2. The zero-order chi connectivity index (χ0) is 27.0. The van der Waals surface area contributed by atoms with Gasteiger partial charge in [0.1, 0.15) is 0 Å². The van der Waals surface area contributed by atoms with Crippen molar-refractivity contribution in [2.45, 2.75) is 19.0 Å². The molecule has 2 aromatic carbocycles. The topological polar surface area (TPSA) is 126 Å². The van der Waals surface area contributed by atoms with Crippen molar-refractivity contribution >= 4 is 68.2 Å². The SMILES string of the molecule is CSc1nc(Nc2ccc3nc(C)cc(N(C)C)c3c2)nc(Nc2ccc3nc(C)cc(N(C)C)c3c2)n1.O. The van der Waals surface area contributed by atoms with Crippen molar-refractivity contribution in [2.75, 3.05) is 54.9 Å². The second-order valence-electron chi connectivity index (χ2n) is 9.54. The first kappa shape index (κ1) is 27.8. The standard InChI is InChI=1S/C28H31N9S.H2O/c1-16-12-24(36(3)4)20-14-18(8-10-22(20)29-16)31-26-33-27(35-28(34-26)38-7)32-19-9-11-23-21(15-19)25(37(5)6)13-17(2)30-23;/h8-15H,1-7H3,(H2,31,32,33,34,35);1H2. The molecule has 4 N–H and O–H groups in total. The first-order chi connectivity index (χ1) is 18.2. The number of fused-ring (bicyclic) bond motifs is 2. The van der Waals surface area contributed by atoms with Crippen LogP contribution in [0.15, 0.2) is 53.7 Å². The Morgan fingerprint density at radius 2 is 1.05 bits per heavy atom. The summed E-state index contributed by atoms with van der Waals surface area (Å²) in [5, 5.41) is 9.44. The van der Waals surface area contributed by atoms with Crippen LogP contribution >= 0.6 is 11.8 Å². The van der Waals surface area contributed by atoms with Gasteiger partial charge in [0.05, 0.1) is 11.0 Å². The Bertz CT molecular complexity index is 1540. The molecule has 202 valence electrons. The van der Waals surface area contributed by atoms with Gasteiger partial charge in [-0.25, -0.2) is 0 Å². The lowest BCUT2D eigenvalue weighted by Crippen LogP contribution is -2.10. The quantitative estimate of drug-likeness (QED) is 0.268. The molecular weight excluding hydrogens is 510 g/mol. The first-order valence-electron chi connectivity index (χ1n) is 12.2. The van der Waals surface area contributed by atoms with Crippen LogP contribution in [0.5, 0.6) is 0 Å². The monoisotopic (exact) mass is 543 g/mol. The number of hydrogen-bond acceptors (Lipinski definition) is 10. The molecule has 0 saturated carbocycles. The second kappa shape index (κ2) is 11.3. The van der Waals surface area contributed by atoms with Crippen LogP contribution < -0.4 is 20.4 Å². The van der Waals surface area contributed by atoms with Gasteiger partial charge in [-0.05, 0) is 68.6 Å². The van der Waals surface area contributed by atoms with Crippen molar-refractivity contribution in [1.82, 2.24) is 24.9 Å². The molecule has 5 aromatic rings. The molecule has 0 saturated heterocycles. The fourth-order valence-corrected chi connectivity index (χ4v) is 4.74. The van der Waals surface area contributed by atoms with E-state index in [2.05, 4.69) is 69.6 Å². The third-order valence-electron chi connectivity index (χ3n) is 6.10. The normalized spacial score (nSPS) is 10.8. The van der Waals surface area contributed by atoms with Crippen LogP contribution in [-0.4, -0.2) is 64.8 Å². The van der Waals surface area contributed by atoms with Crippen LogP contribution in [0.4, 0.5) is 34.6 Å². The summed E-state index contributed by atoms with van der Waals surface area (Å²) in [7, 11) is 8.14. The fourth-order valence-electron chi connectivity index (χ4n) is 4.39. The van der Waals surface area contributed by atoms with Gasteiger partial charge < -0.3 is 25.9 Å². The molecule has 3 heterocycles. The van der Waals surface area contributed by atoms with E-state index in [0.29, 0.717) is 17.1 Å². The minimum Gasteiger partial charge on any atom is -0.412 e. The van der Waals surface area contributed by atoms with E-state index in [0.717, 1.165) is 55.9 Å². The number of nitrogens with zero attached hydrogens (tertiary/aromatic N) is 7. The largest absolute Gasteiger partial charge is 0.412 e. The molecule has 11 heteroatoms. The average molecular weight is 544 g/mol. The summed E-state index contributed by atoms with van der Waals surface area (Å²) >= 11 is 1.46. The number of benzene rings is 2. The Labute approximate surface area is 232 Å². The van der Waals surface area contributed by atoms with E-state index in [-0.39, 0.29) is 5.48 Å². The summed E-state index contributed by atoms with van der Waals surface area (Å²) in [6, 6.07) is 16.3. The van der Waals surface area contributed by atoms with Gasteiger partial charge in [0.25, 0.3) is 0 Å². The summed E-state index contributed by atoms with van der Waals surface area (Å²) in [5.41, 5.74) is 7.82. The molecule has 5 rings (SSSR count). The fraction of sp³-hybridized carbons (Fsp3) is 0.250. The Kier molecular flexibility index (Phi) is 8.03. The molecule has 0 aliphatic rings. The number of hydrogen-bond donors (Lipinski definition) is 2. The van der Waals surface area contributed by atoms with Crippen LogP contribution in [0, 0.1) is 13.8 Å². The first-order valence-corrected chi connectivity index (χ1v) is 13.4. The van der Waals surface area contributed by atoms with Gasteiger partial charge in [-0.15, -0.1) is 0 Å². The number of rotatable bonds is 7. The van der Waals surface area contributed by atoms with Crippen LogP contribution in [0.1, 0.15) is 11.4 Å². The van der Waals surface area contributed by atoms with E-state index in [1.54, 1.807) is 0 Å². The number of anilines is 6.